The molecule has 3 aliphatic rings. The molecular weight excluding hydrogens is 290 g/mol. The van der Waals surface area contributed by atoms with Crippen LogP contribution in [0.15, 0.2) is 0 Å². The van der Waals surface area contributed by atoms with Crippen molar-refractivity contribution in [3.63, 3.8) is 0 Å². The molecule has 0 atom stereocenters. The van der Waals surface area contributed by atoms with Crippen LogP contribution in [0.1, 0.15) is 110 Å². The zero-order valence-electron chi connectivity index (χ0n) is 16.3. The number of rotatable bonds is 4. The Morgan fingerprint density at radius 1 is 0.833 bits per heavy atom. The summed E-state index contributed by atoms with van der Waals surface area (Å²) < 4.78 is 0. The van der Waals surface area contributed by atoms with Gasteiger partial charge in [-0.05, 0) is 93.3 Å². The first-order chi connectivity index (χ1) is 11.6. The molecule has 0 aliphatic heterocycles. The second-order valence-electron chi connectivity index (χ2n) is 9.81. The normalized spacial score (nSPS) is 40.0. The minimum Gasteiger partial charge on any atom is -0.198 e. The lowest BCUT2D eigenvalue weighted by Crippen LogP contribution is -2.44. The zero-order valence-corrected chi connectivity index (χ0v) is 16.3. The molecule has 0 aromatic rings. The third-order valence-electron chi connectivity index (χ3n) is 8.37. The highest BCUT2D eigenvalue weighted by Crippen LogP contribution is 2.58. The van der Waals surface area contributed by atoms with E-state index >= 15 is 0 Å². The Bertz CT molecular complexity index is 423. The topological polar surface area (TPSA) is 23.8 Å². The summed E-state index contributed by atoms with van der Waals surface area (Å²) in [6, 6.07) is 2.54. The van der Waals surface area contributed by atoms with Crippen LogP contribution in [0.4, 0.5) is 0 Å². The van der Waals surface area contributed by atoms with E-state index in [1.807, 2.05) is 0 Å². The first-order valence-electron chi connectivity index (χ1n) is 11.0. The van der Waals surface area contributed by atoms with Crippen LogP contribution in [0.5, 0.6) is 0 Å². The molecule has 0 spiro atoms. The van der Waals surface area contributed by atoms with E-state index < -0.39 is 0 Å². The van der Waals surface area contributed by atoms with E-state index in [1.165, 1.54) is 96.3 Å². The van der Waals surface area contributed by atoms with Crippen molar-refractivity contribution in [1.29, 1.82) is 5.26 Å². The quantitative estimate of drug-likeness (QED) is 0.532. The fourth-order valence-electron chi connectivity index (χ4n) is 6.90. The van der Waals surface area contributed by atoms with Crippen LogP contribution in [-0.2, 0) is 0 Å². The summed E-state index contributed by atoms with van der Waals surface area (Å²) >= 11 is 0. The smallest absolute Gasteiger partial charge is 0.0655 e. The molecule has 0 aromatic carbocycles. The standard InChI is InChI=1S/C23H39N/c1-3-13-22(2)16-11-21(12-17-22)23(14-5-4-6-15-23)20-9-7-19(18-24)8-10-20/h19-21H,3-17H2,1-2H3. The summed E-state index contributed by atoms with van der Waals surface area (Å²) in [5, 5.41) is 9.26. The third kappa shape index (κ3) is 3.68. The highest BCUT2D eigenvalue weighted by molar-refractivity contribution is 5.00. The van der Waals surface area contributed by atoms with Gasteiger partial charge in [0.15, 0.2) is 0 Å². The fraction of sp³-hybridized carbons (Fsp3) is 0.957. The summed E-state index contributed by atoms with van der Waals surface area (Å²) in [6.07, 6.45) is 21.2. The molecule has 1 nitrogen and oxygen atoms in total. The van der Waals surface area contributed by atoms with E-state index in [4.69, 9.17) is 0 Å². The van der Waals surface area contributed by atoms with Crippen LogP contribution < -0.4 is 0 Å². The molecule has 0 radical (unpaired) electrons. The third-order valence-corrected chi connectivity index (χ3v) is 8.37. The zero-order chi connectivity index (χ0) is 17.0. The molecule has 3 saturated carbocycles. The highest BCUT2D eigenvalue weighted by Gasteiger charge is 2.48. The molecular formula is C23H39N. The van der Waals surface area contributed by atoms with E-state index in [9.17, 15) is 5.26 Å². The lowest BCUT2D eigenvalue weighted by Gasteiger charge is -2.54. The Balaban J connectivity index is 1.69. The fourth-order valence-corrected chi connectivity index (χ4v) is 6.90. The van der Waals surface area contributed by atoms with Crippen molar-refractivity contribution in [2.24, 2.45) is 28.6 Å². The molecule has 3 fully saturated rings. The van der Waals surface area contributed by atoms with Gasteiger partial charge in [-0.25, -0.2) is 0 Å². The Kier molecular flexibility index (Phi) is 5.94. The summed E-state index contributed by atoms with van der Waals surface area (Å²) in [5.74, 6) is 2.29. The molecule has 0 amide bonds. The van der Waals surface area contributed by atoms with E-state index in [1.54, 1.807) is 0 Å². The predicted molar refractivity (Wildman–Crippen MR) is 102 cm³/mol. The molecule has 24 heavy (non-hydrogen) atoms. The van der Waals surface area contributed by atoms with Gasteiger partial charge in [-0.15, -0.1) is 0 Å². The van der Waals surface area contributed by atoms with Gasteiger partial charge in [0.1, 0.15) is 0 Å². The summed E-state index contributed by atoms with van der Waals surface area (Å²) in [5.41, 5.74) is 1.30. The van der Waals surface area contributed by atoms with E-state index in [0.717, 1.165) is 11.8 Å². The summed E-state index contributed by atoms with van der Waals surface area (Å²) in [7, 11) is 0. The minimum atomic E-state index is 0.362. The van der Waals surface area contributed by atoms with Crippen molar-refractivity contribution < 1.29 is 0 Å². The minimum absolute atomic E-state index is 0.362. The average Bonchev–Trinajstić information content (AvgIpc) is 2.63. The van der Waals surface area contributed by atoms with Crippen LogP contribution >= 0.6 is 0 Å². The van der Waals surface area contributed by atoms with Crippen molar-refractivity contribution in [1.82, 2.24) is 0 Å². The second-order valence-corrected chi connectivity index (χ2v) is 9.81. The summed E-state index contributed by atoms with van der Waals surface area (Å²) in [4.78, 5) is 0. The molecule has 0 aromatic heterocycles. The Hall–Kier alpha value is -0.510. The SMILES string of the molecule is CCCC1(C)CCC(C2(C3CCC(C#N)CC3)CCCCC2)CC1. The molecule has 0 unspecified atom stereocenters. The van der Waals surface area contributed by atoms with E-state index in [0.29, 0.717) is 16.7 Å². The van der Waals surface area contributed by atoms with Gasteiger partial charge in [0, 0.05) is 5.92 Å². The monoisotopic (exact) mass is 329 g/mol. The van der Waals surface area contributed by atoms with Gasteiger partial charge in [0.25, 0.3) is 0 Å². The largest absolute Gasteiger partial charge is 0.198 e. The van der Waals surface area contributed by atoms with Gasteiger partial charge in [-0.3, -0.25) is 0 Å². The van der Waals surface area contributed by atoms with Crippen molar-refractivity contribution in [2.75, 3.05) is 0 Å². The maximum absolute atomic E-state index is 9.26. The Morgan fingerprint density at radius 2 is 1.42 bits per heavy atom. The lowest BCUT2D eigenvalue weighted by molar-refractivity contribution is -0.0337. The maximum atomic E-state index is 9.26. The van der Waals surface area contributed by atoms with Crippen LogP contribution in [0.3, 0.4) is 0 Å². The number of hydrogen-bond acceptors (Lipinski definition) is 1. The number of nitrogens with zero attached hydrogens (tertiary/aromatic N) is 1. The second kappa shape index (κ2) is 7.80. The molecule has 1 heteroatoms. The maximum Gasteiger partial charge on any atom is 0.0655 e. The molecule has 0 N–H and O–H groups in total. The van der Waals surface area contributed by atoms with E-state index in [-0.39, 0.29) is 0 Å². The number of hydrogen-bond donors (Lipinski definition) is 0. The lowest BCUT2D eigenvalue weighted by atomic mass is 9.51. The van der Waals surface area contributed by atoms with Crippen molar-refractivity contribution in [2.45, 2.75) is 110 Å². The highest BCUT2D eigenvalue weighted by atomic mass is 14.5. The van der Waals surface area contributed by atoms with Crippen molar-refractivity contribution >= 4 is 0 Å². The molecule has 0 bridgehead atoms. The van der Waals surface area contributed by atoms with Gasteiger partial charge in [-0.1, -0.05) is 39.5 Å². The molecule has 0 heterocycles. The van der Waals surface area contributed by atoms with E-state index in [2.05, 4.69) is 19.9 Å². The van der Waals surface area contributed by atoms with Gasteiger partial charge >= 0.3 is 0 Å². The van der Waals surface area contributed by atoms with Gasteiger partial charge < -0.3 is 0 Å². The molecule has 0 saturated heterocycles. The summed E-state index contributed by atoms with van der Waals surface area (Å²) in [6.45, 7) is 4.91. The molecule has 3 aliphatic carbocycles. The van der Waals surface area contributed by atoms with Gasteiger partial charge in [0.2, 0.25) is 0 Å². The van der Waals surface area contributed by atoms with Gasteiger partial charge in [0.05, 0.1) is 6.07 Å². The van der Waals surface area contributed by atoms with Gasteiger partial charge in [-0.2, -0.15) is 5.26 Å². The van der Waals surface area contributed by atoms with Crippen LogP contribution in [0, 0.1) is 39.9 Å². The predicted octanol–water partition coefficient (Wildman–Crippen LogP) is 7.26. The number of nitriles is 1. The first-order valence-corrected chi connectivity index (χ1v) is 11.0. The van der Waals surface area contributed by atoms with Crippen molar-refractivity contribution in [3.05, 3.63) is 0 Å². The average molecular weight is 330 g/mol. The van der Waals surface area contributed by atoms with Crippen LogP contribution in [-0.4, -0.2) is 0 Å². The molecule has 136 valence electrons. The van der Waals surface area contributed by atoms with Crippen LogP contribution in [0.2, 0.25) is 0 Å². The Morgan fingerprint density at radius 3 is 1.96 bits per heavy atom. The Labute approximate surface area is 150 Å². The molecule has 3 rings (SSSR count). The first kappa shape index (κ1) is 18.3. The van der Waals surface area contributed by atoms with Crippen molar-refractivity contribution in [3.8, 4) is 6.07 Å². The van der Waals surface area contributed by atoms with Crippen LogP contribution in [0.25, 0.3) is 0 Å².